The number of hydrogen-bond donors (Lipinski definition) is 1. The molecule has 0 bridgehead atoms. The van der Waals surface area contributed by atoms with Gasteiger partial charge in [0.05, 0.1) is 0 Å². The highest BCUT2D eigenvalue weighted by molar-refractivity contribution is 6.30. The van der Waals surface area contributed by atoms with Gasteiger partial charge in [-0.1, -0.05) is 60.5 Å². The number of halogens is 3. The van der Waals surface area contributed by atoms with Crippen LogP contribution in [0.15, 0.2) is 72.8 Å². The molecule has 0 spiro atoms. The van der Waals surface area contributed by atoms with Gasteiger partial charge in [0.15, 0.2) is 5.60 Å². The van der Waals surface area contributed by atoms with Crippen LogP contribution < -0.4 is 10.1 Å². The van der Waals surface area contributed by atoms with Crippen molar-refractivity contribution in [2.45, 2.75) is 38.2 Å². The summed E-state index contributed by atoms with van der Waals surface area (Å²) >= 11 is 12.1. The van der Waals surface area contributed by atoms with Crippen LogP contribution in [-0.4, -0.2) is 18.1 Å². The Labute approximate surface area is 198 Å². The van der Waals surface area contributed by atoms with E-state index >= 15 is 0 Å². The molecule has 0 fully saturated rings. The molecule has 0 aliphatic heterocycles. The molecular weight excluding hydrogens is 448 g/mol. The van der Waals surface area contributed by atoms with E-state index in [1.165, 1.54) is 12.1 Å². The normalized spacial score (nSPS) is 13.3. The van der Waals surface area contributed by atoms with E-state index < -0.39 is 11.4 Å². The van der Waals surface area contributed by atoms with Crippen LogP contribution in [0.2, 0.25) is 10.0 Å². The van der Waals surface area contributed by atoms with E-state index in [4.69, 9.17) is 27.9 Å². The standard InChI is InChI=1S/C26H26Cl2FNO2/c1-17(18-7-11-20(27)12-8-18)24(19-9-13-21(28)14-10-19)16-30-25(31)26(2,3)32-23-6-4-5-22(29)15-23/h4-15,17,24H,16H2,1-3H3,(H,30,31). The maximum Gasteiger partial charge on any atom is 0.263 e. The SMILES string of the molecule is CC(c1ccc(Cl)cc1)C(CNC(=O)C(C)(C)Oc1cccc(F)c1)c1ccc(Cl)cc1. The molecule has 1 N–H and O–H groups in total. The van der Waals surface area contributed by atoms with Crippen LogP contribution in [-0.2, 0) is 4.79 Å². The summed E-state index contributed by atoms with van der Waals surface area (Å²) in [5, 5.41) is 4.34. The molecule has 3 aromatic rings. The van der Waals surface area contributed by atoms with Gasteiger partial charge in [0, 0.05) is 28.6 Å². The van der Waals surface area contributed by atoms with Crippen molar-refractivity contribution in [2.75, 3.05) is 6.54 Å². The summed E-state index contributed by atoms with van der Waals surface area (Å²) in [6.45, 7) is 5.82. The van der Waals surface area contributed by atoms with Crippen molar-refractivity contribution in [3.05, 3.63) is 99.8 Å². The first-order valence-corrected chi connectivity index (χ1v) is 11.1. The molecule has 2 unspecified atom stereocenters. The highest BCUT2D eigenvalue weighted by Crippen LogP contribution is 2.33. The first-order chi connectivity index (χ1) is 15.2. The zero-order chi connectivity index (χ0) is 23.3. The van der Waals surface area contributed by atoms with Crippen LogP contribution in [0, 0.1) is 5.82 Å². The minimum absolute atomic E-state index is 0.0117. The molecule has 0 heterocycles. The molecule has 0 aliphatic rings. The van der Waals surface area contributed by atoms with Crippen molar-refractivity contribution >= 4 is 29.1 Å². The predicted molar refractivity (Wildman–Crippen MR) is 128 cm³/mol. The number of carbonyl (C=O) groups is 1. The Morgan fingerprint density at radius 1 is 0.969 bits per heavy atom. The zero-order valence-corrected chi connectivity index (χ0v) is 19.8. The van der Waals surface area contributed by atoms with Crippen molar-refractivity contribution in [3.8, 4) is 5.75 Å². The summed E-state index contributed by atoms with van der Waals surface area (Å²) < 4.78 is 19.3. The fourth-order valence-corrected chi connectivity index (χ4v) is 3.83. The van der Waals surface area contributed by atoms with Crippen LogP contribution in [0.4, 0.5) is 4.39 Å². The maximum atomic E-state index is 13.5. The first-order valence-electron chi connectivity index (χ1n) is 10.4. The Kier molecular flexibility index (Phi) is 7.81. The number of amides is 1. The maximum absolute atomic E-state index is 13.5. The molecule has 3 aromatic carbocycles. The molecule has 0 aliphatic carbocycles. The molecule has 3 nitrogen and oxygen atoms in total. The molecule has 0 saturated carbocycles. The van der Waals surface area contributed by atoms with Crippen LogP contribution in [0.1, 0.15) is 43.7 Å². The van der Waals surface area contributed by atoms with Gasteiger partial charge >= 0.3 is 0 Å². The Bertz CT molecular complexity index is 1050. The molecular formula is C26H26Cl2FNO2. The fourth-order valence-electron chi connectivity index (χ4n) is 3.58. The molecule has 3 rings (SSSR count). The van der Waals surface area contributed by atoms with Gasteiger partial charge in [-0.15, -0.1) is 0 Å². The quantitative estimate of drug-likeness (QED) is 0.382. The number of nitrogens with one attached hydrogen (secondary N) is 1. The lowest BCUT2D eigenvalue weighted by molar-refractivity contribution is -0.134. The molecule has 6 heteroatoms. The van der Waals surface area contributed by atoms with E-state index in [9.17, 15) is 9.18 Å². The molecule has 32 heavy (non-hydrogen) atoms. The molecule has 168 valence electrons. The van der Waals surface area contributed by atoms with Gasteiger partial charge in [-0.3, -0.25) is 4.79 Å². The van der Waals surface area contributed by atoms with E-state index in [-0.39, 0.29) is 17.7 Å². The van der Waals surface area contributed by atoms with Gasteiger partial charge in [-0.25, -0.2) is 4.39 Å². The minimum atomic E-state index is -1.18. The second kappa shape index (κ2) is 10.4. The molecule has 1 amide bonds. The third-order valence-electron chi connectivity index (χ3n) is 5.50. The molecule has 0 saturated heterocycles. The lowest BCUT2D eigenvalue weighted by Crippen LogP contribution is -2.47. The van der Waals surface area contributed by atoms with Gasteiger partial charge < -0.3 is 10.1 Å². The number of ether oxygens (including phenoxy) is 1. The van der Waals surface area contributed by atoms with Gasteiger partial charge in [-0.05, 0) is 67.3 Å². The Morgan fingerprint density at radius 3 is 2.09 bits per heavy atom. The second-order valence-electron chi connectivity index (χ2n) is 8.28. The number of carbonyl (C=O) groups excluding carboxylic acids is 1. The van der Waals surface area contributed by atoms with Gasteiger partial charge in [-0.2, -0.15) is 0 Å². The summed E-state index contributed by atoms with van der Waals surface area (Å²) in [5.41, 5.74) is 0.988. The first kappa shape index (κ1) is 24.1. The number of rotatable bonds is 8. The van der Waals surface area contributed by atoms with Crippen LogP contribution in [0.25, 0.3) is 0 Å². The lowest BCUT2D eigenvalue weighted by Gasteiger charge is -2.29. The average molecular weight is 474 g/mol. The minimum Gasteiger partial charge on any atom is -0.478 e. The molecule has 2 atom stereocenters. The third kappa shape index (κ3) is 6.24. The zero-order valence-electron chi connectivity index (χ0n) is 18.2. The monoisotopic (exact) mass is 473 g/mol. The van der Waals surface area contributed by atoms with E-state index in [0.717, 1.165) is 11.1 Å². The van der Waals surface area contributed by atoms with Crippen LogP contribution in [0.5, 0.6) is 5.75 Å². The summed E-state index contributed by atoms with van der Waals surface area (Å²) in [6, 6.07) is 21.1. The van der Waals surface area contributed by atoms with Gasteiger partial charge in [0.1, 0.15) is 11.6 Å². The predicted octanol–water partition coefficient (Wildman–Crippen LogP) is 6.99. The average Bonchev–Trinajstić information content (AvgIpc) is 2.75. The number of hydrogen-bond acceptors (Lipinski definition) is 2. The topological polar surface area (TPSA) is 38.3 Å². The van der Waals surface area contributed by atoms with Gasteiger partial charge in [0.25, 0.3) is 5.91 Å². The Morgan fingerprint density at radius 2 is 1.53 bits per heavy atom. The smallest absolute Gasteiger partial charge is 0.263 e. The van der Waals surface area contributed by atoms with Crippen molar-refractivity contribution in [3.63, 3.8) is 0 Å². The Hall–Kier alpha value is -2.56. The summed E-state index contributed by atoms with van der Waals surface area (Å²) in [6.07, 6.45) is 0. The van der Waals surface area contributed by atoms with Crippen molar-refractivity contribution in [2.24, 2.45) is 0 Å². The van der Waals surface area contributed by atoms with E-state index in [1.54, 1.807) is 26.0 Å². The van der Waals surface area contributed by atoms with E-state index in [2.05, 4.69) is 12.2 Å². The third-order valence-corrected chi connectivity index (χ3v) is 6.00. The van der Waals surface area contributed by atoms with Crippen molar-refractivity contribution in [1.82, 2.24) is 5.32 Å². The van der Waals surface area contributed by atoms with Crippen molar-refractivity contribution in [1.29, 1.82) is 0 Å². The second-order valence-corrected chi connectivity index (χ2v) is 9.15. The summed E-state index contributed by atoms with van der Waals surface area (Å²) in [5.74, 6) is -0.320. The van der Waals surface area contributed by atoms with E-state index in [1.807, 2.05) is 48.5 Å². The highest BCUT2D eigenvalue weighted by atomic mass is 35.5. The molecule has 0 radical (unpaired) electrons. The van der Waals surface area contributed by atoms with Crippen LogP contribution in [0.3, 0.4) is 0 Å². The molecule has 0 aromatic heterocycles. The lowest BCUT2D eigenvalue weighted by atomic mass is 9.82. The largest absolute Gasteiger partial charge is 0.478 e. The van der Waals surface area contributed by atoms with Gasteiger partial charge in [0.2, 0.25) is 0 Å². The number of benzene rings is 3. The van der Waals surface area contributed by atoms with Crippen LogP contribution >= 0.6 is 23.2 Å². The van der Waals surface area contributed by atoms with Crippen molar-refractivity contribution < 1.29 is 13.9 Å². The summed E-state index contributed by atoms with van der Waals surface area (Å²) in [4.78, 5) is 13.0. The fraction of sp³-hybridized carbons (Fsp3) is 0.269. The Balaban J connectivity index is 1.77. The highest BCUT2D eigenvalue weighted by Gasteiger charge is 2.31. The summed E-state index contributed by atoms with van der Waals surface area (Å²) in [7, 11) is 0. The van der Waals surface area contributed by atoms with E-state index in [0.29, 0.717) is 22.3 Å².